The van der Waals surface area contributed by atoms with Crippen LogP contribution in [0.15, 0.2) is 6.20 Å². The van der Waals surface area contributed by atoms with Gasteiger partial charge in [0, 0.05) is 5.92 Å². The van der Waals surface area contributed by atoms with Gasteiger partial charge in [0.15, 0.2) is 0 Å². The third-order valence-corrected chi connectivity index (χ3v) is 2.69. The van der Waals surface area contributed by atoms with E-state index in [9.17, 15) is 0 Å². The van der Waals surface area contributed by atoms with Gasteiger partial charge in [-0.15, -0.1) is 5.10 Å². The molecule has 0 saturated carbocycles. The normalized spacial score (nSPS) is 16.7. The van der Waals surface area contributed by atoms with Gasteiger partial charge < -0.3 is 5.73 Å². The van der Waals surface area contributed by atoms with Crippen LogP contribution < -0.4 is 5.73 Å². The van der Waals surface area contributed by atoms with Crippen LogP contribution in [0.3, 0.4) is 0 Å². The lowest BCUT2D eigenvalue weighted by atomic mass is 9.80. The van der Waals surface area contributed by atoms with E-state index in [1.807, 2.05) is 13.1 Å². The SMILES string of the molecule is CC(N)n1cc(C(C)C(C)(C)C)nn1. The van der Waals surface area contributed by atoms with Crippen LogP contribution in [0.1, 0.15) is 52.4 Å². The lowest BCUT2D eigenvalue weighted by Gasteiger charge is -2.24. The van der Waals surface area contributed by atoms with Crippen LogP contribution in [0, 0.1) is 5.41 Å². The highest BCUT2D eigenvalue weighted by Crippen LogP contribution is 2.32. The molecule has 0 aliphatic carbocycles. The largest absolute Gasteiger partial charge is 0.310 e. The molecule has 1 aromatic heterocycles. The molecule has 2 atom stereocenters. The molecule has 0 aliphatic heterocycles. The maximum atomic E-state index is 5.70. The Morgan fingerprint density at radius 1 is 1.36 bits per heavy atom. The molecule has 80 valence electrons. The molecule has 1 aromatic rings. The van der Waals surface area contributed by atoms with Crippen molar-refractivity contribution in [2.45, 2.75) is 46.7 Å². The summed E-state index contributed by atoms with van der Waals surface area (Å²) in [4.78, 5) is 0. The van der Waals surface area contributed by atoms with Crippen LogP contribution in [-0.2, 0) is 0 Å². The number of aromatic nitrogens is 3. The first-order chi connectivity index (χ1) is 6.32. The topological polar surface area (TPSA) is 56.7 Å². The molecule has 0 bridgehead atoms. The molecule has 2 unspecified atom stereocenters. The van der Waals surface area contributed by atoms with Crippen molar-refractivity contribution in [2.24, 2.45) is 11.1 Å². The Balaban J connectivity index is 2.87. The van der Waals surface area contributed by atoms with Crippen molar-refractivity contribution in [3.63, 3.8) is 0 Å². The smallest absolute Gasteiger partial charge is 0.0977 e. The molecule has 0 saturated heterocycles. The highest BCUT2D eigenvalue weighted by molar-refractivity contribution is 5.04. The third kappa shape index (κ3) is 2.32. The summed E-state index contributed by atoms with van der Waals surface area (Å²) in [6, 6.07) is 0. The molecule has 0 aliphatic rings. The molecule has 1 rings (SSSR count). The molecule has 2 N–H and O–H groups in total. The lowest BCUT2D eigenvalue weighted by molar-refractivity contribution is 0.334. The molecule has 0 amide bonds. The van der Waals surface area contributed by atoms with E-state index in [-0.39, 0.29) is 11.6 Å². The maximum Gasteiger partial charge on any atom is 0.0977 e. The Morgan fingerprint density at radius 2 is 1.93 bits per heavy atom. The second-order valence-electron chi connectivity index (χ2n) is 4.95. The second-order valence-corrected chi connectivity index (χ2v) is 4.95. The van der Waals surface area contributed by atoms with Crippen molar-refractivity contribution in [3.8, 4) is 0 Å². The minimum Gasteiger partial charge on any atom is -0.310 e. The highest BCUT2D eigenvalue weighted by Gasteiger charge is 2.24. The van der Waals surface area contributed by atoms with Gasteiger partial charge >= 0.3 is 0 Å². The van der Waals surface area contributed by atoms with Gasteiger partial charge in [-0.05, 0) is 12.3 Å². The second kappa shape index (κ2) is 3.69. The van der Waals surface area contributed by atoms with Gasteiger partial charge in [-0.25, -0.2) is 4.68 Å². The molecule has 0 fully saturated rings. The Morgan fingerprint density at radius 3 is 2.29 bits per heavy atom. The van der Waals surface area contributed by atoms with Crippen LogP contribution in [0.25, 0.3) is 0 Å². The molecule has 1 heterocycles. The van der Waals surface area contributed by atoms with Gasteiger partial charge in [-0.1, -0.05) is 32.9 Å². The van der Waals surface area contributed by atoms with E-state index in [0.717, 1.165) is 5.69 Å². The van der Waals surface area contributed by atoms with Gasteiger partial charge in [-0.2, -0.15) is 0 Å². The Kier molecular flexibility index (Phi) is 2.95. The Hall–Kier alpha value is -0.900. The summed E-state index contributed by atoms with van der Waals surface area (Å²) < 4.78 is 1.69. The first-order valence-corrected chi connectivity index (χ1v) is 4.99. The van der Waals surface area contributed by atoms with Gasteiger partial charge in [0.05, 0.1) is 18.1 Å². The monoisotopic (exact) mass is 196 g/mol. The highest BCUT2D eigenvalue weighted by atomic mass is 15.4. The minimum absolute atomic E-state index is 0.108. The molecule has 4 nitrogen and oxygen atoms in total. The summed E-state index contributed by atoms with van der Waals surface area (Å²) >= 11 is 0. The van der Waals surface area contributed by atoms with Gasteiger partial charge in [0.2, 0.25) is 0 Å². The quantitative estimate of drug-likeness (QED) is 0.786. The summed E-state index contributed by atoms with van der Waals surface area (Å²) in [5.41, 5.74) is 6.91. The molecule has 0 spiro atoms. The first kappa shape index (κ1) is 11.2. The zero-order chi connectivity index (χ0) is 10.9. The predicted octanol–water partition coefficient (Wildman–Crippen LogP) is 1.90. The van der Waals surface area contributed by atoms with Crippen molar-refractivity contribution < 1.29 is 0 Å². The molecule has 4 heteroatoms. The number of nitrogens with two attached hydrogens (primary N) is 1. The summed E-state index contributed by atoms with van der Waals surface area (Å²) in [5, 5.41) is 8.13. The van der Waals surface area contributed by atoms with E-state index < -0.39 is 0 Å². The van der Waals surface area contributed by atoms with E-state index in [2.05, 4.69) is 38.0 Å². The lowest BCUT2D eigenvalue weighted by Crippen LogP contribution is -2.16. The van der Waals surface area contributed by atoms with E-state index in [0.29, 0.717) is 5.92 Å². The van der Waals surface area contributed by atoms with Crippen molar-refractivity contribution in [3.05, 3.63) is 11.9 Å². The fourth-order valence-electron chi connectivity index (χ4n) is 1.13. The first-order valence-electron chi connectivity index (χ1n) is 4.99. The van der Waals surface area contributed by atoms with E-state index in [4.69, 9.17) is 5.73 Å². The average molecular weight is 196 g/mol. The maximum absolute atomic E-state index is 5.70. The number of nitrogens with zero attached hydrogens (tertiary/aromatic N) is 3. The van der Waals surface area contributed by atoms with E-state index in [1.54, 1.807) is 4.68 Å². The average Bonchev–Trinajstić information content (AvgIpc) is 2.48. The van der Waals surface area contributed by atoms with E-state index in [1.165, 1.54) is 0 Å². The molecule has 0 aromatic carbocycles. The fourth-order valence-corrected chi connectivity index (χ4v) is 1.13. The molecular weight excluding hydrogens is 176 g/mol. The molecular formula is C10H20N4. The Labute approximate surface area is 85.5 Å². The van der Waals surface area contributed by atoms with Crippen LogP contribution in [0.4, 0.5) is 0 Å². The zero-order valence-corrected chi connectivity index (χ0v) is 9.65. The molecule has 14 heavy (non-hydrogen) atoms. The Bertz CT molecular complexity index is 295. The summed E-state index contributed by atoms with van der Waals surface area (Å²) in [7, 11) is 0. The number of hydrogen-bond donors (Lipinski definition) is 1. The standard InChI is InChI=1S/C10H20N4/c1-7(10(3,4)5)9-6-14(8(2)11)13-12-9/h6-8H,11H2,1-5H3. The van der Waals surface area contributed by atoms with Crippen molar-refractivity contribution in [1.82, 2.24) is 15.0 Å². The van der Waals surface area contributed by atoms with Crippen LogP contribution in [0.5, 0.6) is 0 Å². The minimum atomic E-state index is -0.108. The van der Waals surface area contributed by atoms with Gasteiger partial charge in [0.25, 0.3) is 0 Å². The third-order valence-electron chi connectivity index (χ3n) is 2.69. The van der Waals surface area contributed by atoms with Crippen LogP contribution in [-0.4, -0.2) is 15.0 Å². The van der Waals surface area contributed by atoms with Crippen molar-refractivity contribution in [2.75, 3.05) is 0 Å². The fraction of sp³-hybridized carbons (Fsp3) is 0.800. The number of rotatable bonds is 2. The van der Waals surface area contributed by atoms with Crippen molar-refractivity contribution in [1.29, 1.82) is 0 Å². The van der Waals surface area contributed by atoms with Gasteiger partial charge in [0.1, 0.15) is 0 Å². The van der Waals surface area contributed by atoms with E-state index >= 15 is 0 Å². The van der Waals surface area contributed by atoms with Gasteiger partial charge in [-0.3, -0.25) is 0 Å². The summed E-state index contributed by atoms with van der Waals surface area (Å²) in [5.74, 6) is 0.384. The van der Waals surface area contributed by atoms with Crippen LogP contribution >= 0.6 is 0 Å². The van der Waals surface area contributed by atoms with Crippen LogP contribution in [0.2, 0.25) is 0 Å². The predicted molar refractivity (Wildman–Crippen MR) is 56.8 cm³/mol. The molecule has 0 radical (unpaired) electrons. The number of hydrogen-bond acceptors (Lipinski definition) is 3. The summed E-state index contributed by atoms with van der Waals surface area (Å²) in [6.45, 7) is 10.6. The summed E-state index contributed by atoms with van der Waals surface area (Å²) in [6.07, 6.45) is 1.82. The van der Waals surface area contributed by atoms with Crippen molar-refractivity contribution >= 4 is 0 Å². The zero-order valence-electron chi connectivity index (χ0n) is 9.65.